The van der Waals surface area contributed by atoms with Gasteiger partial charge in [0, 0.05) is 10.9 Å². The average molecular weight is 332 g/mol. The number of benzene rings is 2. The highest BCUT2D eigenvalue weighted by molar-refractivity contribution is 7.86. The number of hydrogen-bond acceptors (Lipinski definition) is 5. The van der Waals surface area contributed by atoms with Gasteiger partial charge in [-0.25, -0.2) is 0 Å². The Morgan fingerprint density at radius 1 is 1.00 bits per heavy atom. The monoisotopic (exact) mass is 332 g/mol. The van der Waals surface area contributed by atoms with Crippen molar-refractivity contribution < 1.29 is 30.7 Å². The molecule has 114 valence electrons. The summed E-state index contributed by atoms with van der Waals surface area (Å²) in [5.74, 6) is -0.0478. The van der Waals surface area contributed by atoms with Crippen molar-refractivity contribution >= 4 is 31.0 Å². The van der Waals surface area contributed by atoms with E-state index in [2.05, 4.69) is 0 Å². The van der Waals surface area contributed by atoms with E-state index < -0.39 is 25.1 Å². The molecule has 0 aliphatic heterocycles. The van der Waals surface area contributed by atoms with Crippen LogP contribution in [0.1, 0.15) is 5.56 Å². The number of ether oxygens (including phenoxy) is 1. The molecule has 0 fully saturated rings. The second-order valence-electron chi connectivity index (χ2n) is 4.34. The minimum Gasteiger partial charge on any atom is -0.496 e. The lowest BCUT2D eigenvalue weighted by Crippen LogP contribution is -2.06. The first-order valence-electron chi connectivity index (χ1n) is 5.62. The molecule has 0 aliphatic rings. The lowest BCUT2D eigenvalue weighted by molar-refractivity contribution is 0.413. The largest absolute Gasteiger partial charge is 0.496 e. The summed E-state index contributed by atoms with van der Waals surface area (Å²) in [5.41, 5.74) is 0.0450. The maximum Gasteiger partial charge on any atom is 0.295 e. The fourth-order valence-corrected chi connectivity index (χ4v) is 3.67. The zero-order valence-corrected chi connectivity index (χ0v) is 12.7. The van der Waals surface area contributed by atoms with Crippen LogP contribution in [0.15, 0.2) is 34.1 Å². The van der Waals surface area contributed by atoms with E-state index in [0.717, 1.165) is 6.07 Å². The second kappa shape index (κ2) is 4.95. The van der Waals surface area contributed by atoms with Crippen molar-refractivity contribution in [2.45, 2.75) is 16.7 Å². The van der Waals surface area contributed by atoms with Gasteiger partial charge in [-0.3, -0.25) is 9.11 Å². The van der Waals surface area contributed by atoms with Gasteiger partial charge in [0.1, 0.15) is 15.5 Å². The Bertz CT molecular complexity index is 928. The summed E-state index contributed by atoms with van der Waals surface area (Å²) < 4.78 is 69.2. The highest BCUT2D eigenvalue weighted by Crippen LogP contribution is 2.37. The van der Waals surface area contributed by atoms with Crippen molar-refractivity contribution in [3.63, 3.8) is 0 Å². The Morgan fingerprint density at radius 3 is 2.05 bits per heavy atom. The number of methoxy groups -OCH3 is 1. The third-order valence-electron chi connectivity index (χ3n) is 3.04. The molecule has 0 bridgehead atoms. The van der Waals surface area contributed by atoms with Crippen molar-refractivity contribution in [1.82, 2.24) is 0 Å². The summed E-state index contributed by atoms with van der Waals surface area (Å²) in [6.07, 6.45) is 0. The maximum atomic E-state index is 11.4. The van der Waals surface area contributed by atoms with Gasteiger partial charge < -0.3 is 4.74 Å². The number of fused-ring (bicyclic) bond motifs is 1. The SMILES string of the molecule is COc1c(C)c(S(=O)(=O)O)cc2cccc(S(=O)(=O)O)c12. The molecule has 2 rings (SSSR count). The summed E-state index contributed by atoms with van der Waals surface area (Å²) >= 11 is 0. The zero-order valence-electron chi connectivity index (χ0n) is 11.1. The molecule has 0 saturated carbocycles. The standard InChI is InChI=1S/C12H12O7S2/c1-7-10(21(16,17)18)6-8-4-3-5-9(20(13,14)15)11(8)12(7)19-2/h3-6H,1-2H3,(H,13,14,15)(H,16,17,18). The van der Waals surface area contributed by atoms with Crippen LogP contribution in [0.5, 0.6) is 5.75 Å². The molecule has 2 aromatic carbocycles. The predicted molar refractivity (Wildman–Crippen MR) is 74.9 cm³/mol. The molecule has 0 atom stereocenters. The molecule has 0 saturated heterocycles. The lowest BCUT2D eigenvalue weighted by Gasteiger charge is -2.14. The van der Waals surface area contributed by atoms with Crippen molar-refractivity contribution in [2.75, 3.05) is 7.11 Å². The molecule has 2 aromatic rings. The predicted octanol–water partition coefficient (Wildman–Crippen LogP) is 1.65. The van der Waals surface area contributed by atoms with Crippen LogP contribution in [0, 0.1) is 6.92 Å². The van der Waals surface area contributed by atoms with Gasteiger partial charge in [0.2, 0.25) is 0 Å². The highest BCUT2D eigenvalue weighted by Gasteiger charge is 2.24. The third kappa shape index (κ3) is 2.72. The Morgan fingerprint density at radius 2 is 1.57 bits per heavy atom. The Kier molecular flexibility index (Phi) is 3.70. The van der Waals surface area contributed by atoms with Gasteiger partial charge in [0.15, 0.2) is 0 Å². The molecule has 9 heteroatoms. The molecule has 0 amide bonds. The summed E-state index contributed by atoms with van der Waals surface area (Å²) in [6, 6.07) is 5.08. The quantitative estimate of drug-likeness (QED) is 0.820. The van der Waals surface area contributed by atoms with Crippen LogP contribution >= 0.6 is 0 Å². The van der Waals surface area contributed by atoms with E-state index in [4.69, 9.17) is 4.74 Å². The van der Waals surface area contributed by atoms with E-state index in [1.807, 2.05) is 0 Å². The minimum absolute atomic E-state index is 0.0450. The first kappa shape index (κ1) is 15.7. The molecular formula is C12H12O7S2. The van der Waals surface area contributed by atoms with Gasteiger partial charge >= 0.3 is 0 Å². The van der Waals surface area contributed by atoms with Gasteiger partial charge in [-0.05, 0) is 24.4 Å². The van der Waals surface area contributed by atoms with E-state index in [1.54, 1.807) is 0 Å². The van der Waals surface area contributed by atoms with Crippen molar-refractivity contribution in [3.05, 3.63) is 29.8 Å². The molecule has 0 radical (unpaired) electrons. The highest BCUT2D eigenvalue weighted by atomic mass is 32.2. The smallest absolute Gasteiger partial charge is 0.295 e. The van der Waals surface area contributed by atoms with Crippen LogP contribution in [0.3, 0.4) is 0 Å². The molecule has 21 heavy (non-hydrogen) atoms. The van der Waals surface area contributed by atoms with Gasteiger partial charge in [0.05, 0.1) is 7.11 Å². The molecule has 0 unspecified atom stereocenters. The van der Waals surface area contributed by atoms with Gasteiger partial charge in [0.25, 0.3) is 20.2 Å². The van der Waals surface area contributed by atoms with Crippen molar-refractivity contribution in [3.8, 4) is 5.75 Å². The maximum absolute atomic E-state index is 11.4. The Balaban J connectivity index is 3.10. The van der Waals surface area contributed by atoms with Crippen LogP contribution in [0.25, 0.3) is 10.8 Å². The Labute approximate surface area is 121 Å². The minimum atomic E-state index is -4.52. The van der Waals surface area contributed by atoms with E-state index in [9.17, 15) is 25.9 Å². The molecule has 2 N–H and O–H groups in total. The fraction of sp³-hybridized carbons (Fsp3) is 0.167. The Hall–Kier alpha value is -1.68. The zero-order chi connectivity index (χ0) is 16.0. The number of hydrogen-bond donors (Lipinski definition) is 2. The molecular weight excluding hydrogens is 320 g/mol. The first-order chi connectivity index (χ1) is 9.57. The molecule has 0 aliphatic carbocycles. The summed E-state index contributed by atoms with van der Waals surface area (Å²) in [5, 5.41) is 0.243. The third-order valence-corrected chi connectivity index (χ3v) is 4.92. The van der Waals surface area contributed by atoms with Gasteiger partial charge in [-0.2, -0.15) is 16.8 Å². The molecule has 0 heterocycles. The van der Waals surface area contributed by atoms with Gasteiger partial charge in [-0.15, -0.1) is 0 Å². The summed E-state index contributed by atoms with van der Waals surface area (Å²) in [6.45, 7) is 1.36. The molecule has 7 nitrogen and oxygen atoms in total. The van der Waals surface area contributed by atoms with Crippen molar-refractivity contribution in [1.29, 1.82) is 0 Å². The van der Waals surface area contributed by atoms with Crippen molar-refractivity contribution in [2.24, 2.45) is 0 Å². The number of rotatable bonds is 3. The van der Waals surface area contributed by atoms with E-state index >= 15 is 0 Å². The van der Waals surface area contributed by atoms with Crippen LogP contribution in [-0.4, -0.2) is 33.1 Å². The lowest BCUT2D eigenvalue weighted by atomic mass is 10.1. The van der Waals surface area contributed by atoms with E-state index in [1.165, 1.54) is 32.2 Å². The average Bonchev–Trinajstić information content (AvgIpc) is 2.35. The van der Waals surface area contributed by atoms with Crippen LogP contribution in [0.2, 0.25) is 0 Å². The van der Waals surface area contributed by atoms with Crippen LogP contribution < -0.4 is 4.74 Å². The first-order valence-corrected chi connectivity index (χ1v) is 8.50. The fourth-order valence-electron chi connectivity index (χ4n) is 2.20. The normalized spacial score (nSPS) is 12.6. The molecule has 0 aromatic heterocycles. The molecule has 0 spiro atoms. The van der Waals surface area contributed by atoms with E-state index in [0.29, 0.717) is 0 Å². The second-order valence-corrected chi connectivity index (χ2v) is 7.12. The topological polar surface area (TPSA) is 118 Å². The van der Waals surface area contributed by atoms with Gasteiger partial charge in [-0.1, -0.05) is 12.1 Å². The van der Waals surface area contributed by atoms with Crippen LogP contribution in [-0.2, 0) is 20.2 Å². The van der Waals surface area contributed by atoms with Crippen LogP contribution in [0.4, 0.5) is 0 Å². The summed E-state index contributed by atoms with van der Waals surface area (Å²) in [4.78, 5) is -0.791. The van der Waals surface area contributed by atoms with E-state index in [-0.39, 0.29) is 27.0 Å². The summed E-state index contributed by atoms with van der Waals surface area (Å²) in [7, 11) is -7.78.